The minimum atomic E-state index is -0.289. The van der Waals surface area contributed by atoms with Gasteiger partial charge in [-0.05, 0) is 68.1 Å². The summed E-state index contributed by atoms with van der Waals surface area (Å²) in [5.41, 5.74) is 6.31. The Balaban J connectivity index is 1.77. The Bertz CT molecular complexity index is 907. The molecule has 1 atom stereocenters. The van der Waals surface area contributed by atoms with Gasteiger partial charge in [0, 0.05) is 29.4 Å². The summed E-state index contributed by atoms with van der Waals surface area (Å²) in [7, 11) is 3.69. The monoisotopic (exact) mass is 399 g/mol. The third-order valence-corrected chi connectivity index (χ3v) is 5.80. The van der Waals surface area contributed by atoms with Crippen LogP contribution in [-0.2, 0) is 0 Å². The molecule has 0 fully saturated rings. The number of hydrazone groups is 1. The largest absolute Gasteiger partial charge is 0.497 e. The number of hydrogen-bond donors (Lipinski definition) is 1. The molecule has 0 spiro atoms. The number of nitrogens with one attached hydrogen (secondary N) is 1. The fourth-order valence-corrected chi connectivity index (χ4v) is 3.88. The van der Waals surface area contributed by atoms with E-state index in [9.17, 15) is 4.79 Å². The van der Waals surface area contributed by atoms with E-state index in [1.165, 1.54) is 5.56 Å². The molecule has 0 aromatic heterocycles. The number of fused-ring (bicyclic) bond motifs is 1. The molecule has 0 saturated heterocycles. The van der Waals surface area contributed by atoms with Crippen LogP contribution in [0.1, 0.15) is 54.6 Å². The van der Waals surface area contributed by atoms with Crippen molar-refractivity contribution in [2.45, 2.75) is 38.6 Å². The first-order chi connectivity index (χ1) is 13.2. The molecule has 0 bridgehead atoms. The average Bonchev–Trinajstić information content (AvgIpc) is 2.66. The second-order valence-corrected chi connectivity index (χ2v) is 8.24. The van der Waals surface area contributed by atoms with Gasteiger partial charge in [-0.2, -0.15) is 5.10 Å². The Morgan fingerprint density at radius 2 is 2.00 bits per heavy atom. The van der Waals surface area contributed by atoms with Gasteiger partial charge < -0.3 is 9.64 Å². The molecule has 1 amide bonds. The molecule has 6 heteroatoms. The van der Waals surface area contributed by atoms with Gasteiger partial charge in [0.2, 0.25) is 0 Å². The summed E-state index contributed by atoms with van der Waals surface area (Å²) >= 11 is 6.49. The molecule has 1 aliphatic rings. The zero-order valence-electron chi connectivity index (χ0n) is 16.9. The van der Waals surface area contributed by atoms with Crippen molar-refractivity contribution in [2.75, 3.05) is 19.1 Å². The Kier molecular flexibility index (Phi) is 5.66. The van der Waals surface area contributed by atoms with Crippen LogP contribution in [-0.4, -0.2) is 31.8 Å². The Morgan fingerprint density at radius 1 is 1.32 bits per heavy atom. The lowest BCUT2D eigenvalue weighted by Crippen LogP contribution is -2.45. The summed E-state index contributed by atoms with van der Waals surface area (Å²) < 4.78 is 5.10. The molecular weight excluding hydrogens is 374 g/mol. The molecule has 0 saturated carbocycles. The van der Waals surface area contributed by atoms with E-state index in [-0.39, 0.29) is 11.4 Å². The predicted molar refractivity (Wildman–Crippen MR) is 115 cm³/mol. The summed E-state index contributed by atoms with van der Waals surface area (Å²) in [6.45, 7) is 6.71. The first-order valence-corrected chi connectivity index (χ1v) is 9.65. The lowest BCUT2D eigenvalue weighted by molar-refractivity contribution is 0.0955. The molecule has 28 heavy (non-hydrogen) atoms. The second kappa shape index (κ2) is 7.84. The van der Waals surface area contributed by atoms with Crippen molar-refractivity contribution in [1.29, 1.82) is 0 Å². The molecule has 3 rings (SSSR count). The number of nitrogens with zero attached hydrogens (tertiary/aromatic N) is 2. The first-order valence-electron chi connectivity index (χ1n) is 9.27. The molecule has 2 aromatic rings. The van der Waals surface area contributed by atoms with Gasteiger partial charge in [0.05, 0.1) is 18.3 Å². The zero-order chi connectivity index (χ0) is 20.5. The average molecular weight is 400 g/mol. The summed E-state index contributed by atoms with van der Waals surface area (Å²) in [5.74, 6) is 0.825. The van der Waals surface area contributed by atoms with Crippen molar-refractivity contribution in [1.82, 2.24) is 5.43 Å². The number of methoxy groups -OCH3 is 1. The molecule has 0 unspecified atom stereocenters. The minimum absolute atomic E-state index is 0.0810. The highest BCUT2D eigenvalue weighted by atomic mass is 35.5. The van der Waals surface area contributed by atoms with E-state index in [1.807, 2.05) is 6.07 Å². The van der Waals surface area contributed by atoms with Crippen LogP contribution in [0.15, 0.2) is 41.5 Å². The first kappa shape index (κ1) is 20.2. The molecule has 1 aliphatic heterocycles. The molecule has 148 valence electrons. The Morgan fingerprint density at radius 3 is 2.64 bits per heavy atom. The van der Waals surface area contributed by atoms with Crippen LogP contribution in [0.4, 0.5) is 5.69 Å². The normalized spacial score (nSPS) is 18.1. The maximum Gasteiger partial charge on any atom is 0.271 e. The number of carbonyl (C=O) groups is 1. The van der Waals surface area contributed by atoms with Gasteiger partial charge in [0.15, 0.2) is 0 Å². The van der Waals surface area contributed by atoms with Crippen molar-refractivity contribution in [3.05, 3.63) is 58.1 Å². The predicted octanol–water partition coefficient (Wildman–Crippen LogP) is 4.83. The van der Waals surface area contributed by atoms with Gasteiger partial charge in [-0.15, -0.1) is 0 Å². The fraction of sp³-hybridized carbons (Fsp3) is 0.364. The topological polar surface area (TPSA) is 53.9 Å². The lowest BCUT2D eigenvalue weighted by Gasteiger charge is -2.45. The quantitative estimate of drug-likeness (QED) is 0.591. The Labute approximate surface area is 171 Å². The zero-order valence-corrected chi connectivity index (χ0v) is 17.7. The number of carbonyl (C=O) groups excluding carboxylic acids is 1. The van der Waals surface area contributed by atoms with E-state index in [1.54, 1.807) is 37.6 Å². The van der Waals surface area contributed by atoms with E-state index in [4.69, 9.17) is 16.3 Å². The van der Waals surface area contributed by atoms with Gasteiger partial charge in [-0.1, -0.05) is 18.5 Å². The van der Waals surface area contributed by atoms with E-state index >= 15 is 0 Å². The number of benzene rings is 2. The summed E-state index contributed by atoms with van der Waals surface area (Å²) in [6.07, 6.45) is 2.65. The van der Waals surface area contributed by atoms with Crippen LogP contribution in [0.25, 0.3) is 0 Å². The van der Waals surface area contributed by atoms with Crippen LogP contribution in [0.3, 0.4) is 0 Å². The van der Waals surface area contributed by atoms with Crippen LogP contribution in [0.2, 0.25) is 5.02 Å². The molecule has 1 N–H and O–H groups in total. The fourth-order valence-electron chi connectivity index (χ4n) is 3.67. The highest BCUT2D eigenvalue weighted by Crippen LogP contribution is 2.44. The number of anilines is 1. The molecule has 2 aromatic carbocycles. The summed E-state index contributed by atoms with van der Waals surface area (Å²) in [5, 5.41) is 4.70. The van der Waals surface area contributed by atoms with Gasteiger partial charge in [0.1, 0.15) is 5.75 Å². The SMILES string of the molecule is COc1ccc(C(=O)N/N=C\c2cc3c(cc2Cl)N(C)C(C)(C)C[C@H]3C)cc1. The number of hydrogen-bond acceptors (Lipinski definition) is 4. The third-order valence-electron chi connectivity index (χ3n) is 5.47. The van der Waals surface area contributed by atoms with E-state index < -0.39 is 0 Å². The molecule has 0 radical (unpaired) electrons. The smallest absolute Gasteiger partial charge is 0.271 e. The molecule has 1 heterocycles. The minimum Gasteiger partial charge on any atom is -0.497 e. The maximum atomic E-state index is 12.2. The van der Waals surface area contributed by atoms with E-state index in [2.05, 4.69) is 49.3 Å². The van der Waals surface area contributed by atoms with Crippen LogP contribution in [0.5, 0.6) is 5.75 Å². The van der Waals surface area contributed by atoms with Gasteiger partial charge >= 0.3 is 0 Å². The number of rotatable bonds is 4. The second-order valence-electron chi connectivity index (χ2n) is 7.84. The number of ether oxygens (including phenoxy) is 1. The van der Waals surface area contributed by atoms with Crippen molar-refractivity contribution in [2.24, 2.45) is 5.10 Å². The maximum absolute atomic E-state index is 12.2. The van der Waals surface area contributed by atoms with Crippen molar-refractivity contribution in [3.63, 3.8) is 0 Å². The van der Waals surface area contributed by atoms with Gasteiger partial charge in [-0.25, -0.2) is 5.43 Å². The third kappa shape index (κ3) is 3.99. The van der Waals surface area contributed by atoms with Crippen molar-refractivity contribution >= 4 is 29.4 Å². The van der Waals surface area contributed by atoms with Crippen LogP contribution in [0, 0.1) is 0 Å². The van der Waals surface area contributed by atoms with E-state index in [0.717, 1.165) is 17.7 Å². The van der Waals surface area contributed by atoms with Crippen LogP contribution < -0.4 is 15.1 Å². The number of halogens is 1. The van der Waals surface area contributed by atoms with Crippen molar-refractivity contribution < 1.29 is 9.53 Å². The van der Waals surface area contributed by atoms with Gasteiger partial charge in [-0.3, -0.25) is 4.79 Å². The summed E-state index contributed by atoms with van der Waals surface area (Å²) in [4.78, 5) is 14.5. The Hall–Kier alpha value is -2.53. The molecule has 0 aliphatic carbocycles. The highest BCUT2D eigenvalue weighted by Gasteiger charge is 2.34. The van der Waals surface area contributed by atoms with Gasteiger partial charge in [0.25, 0.3) is 5.91 Å². The molecular formula is C22H26ClN3O2. The van der Waals surface area contributed by atoms with Crippen LogP contribution >= 0.6 is 11.6 Å². The lowest BCUT2D eigenvalue weighted by atomic mass is 9.80. The number of amides is 1. The summed E-state index contributed by atoms with van der Waals surface area (Å²) in [6, 6.07) is 10.9. The van der Waals surface area contributed by atoms with Crippen molar-refractivity contribution in [3.8, 4) is 5.75 Å². The highest BCUT2D eigenvalue weighted by molar-refractivity contribution is 6.33. The molecule has 5 nitrogen and oxygen atoms in total. The standard InChI is InChI=1S/C22H26ClN3O2/c1-14-12-22(2,3)26(4)20-11-19(23)16(10-18(14)20)13-24-25-21(27)15-6-8-17(28-5)9-7-15/h6-11,13-14H,12H2,1-5H3,(H,25,27)/b24-13-/t14-/m1/s1. The van der Waals surface area contributed by atoms with E-state index in [0.29, 0.717) is 22.3 Å².